The highest BCUT2D eigenvalue weighted by molar-refractivity contribution is 5.89. The average molecular weight is 238 g/mol. The van der Waals surface area contributed by atoms with E-state index in [1.165, 1.54) is 12.1 Å². The Morgan fingerprint density at radius 2 is 2.35 bits per heavy atom. The predicted molar refractivity (Wildman–Crippen MR) is 62.9 cm³/mol. The third-order valence-corrected chi connectivity index (χ3v) is 2.86. The number of carbonyl (C=O) groups is 1. The number of aromatic carboxylic acids is 1. The molecule has 17 heavy (non-hydrogen) atoms. The van der Waals surface area contributed by atoms with E-state index >= 15 is 0 Å². The van der Waals surface area contributed by atoms with Crippen LogP contribution in [0.15, 0.2) is 18.2 Å². The summed E-state index contributed by atoms with van der Waals surface area (Å²) in [4.78, 5) is 10.8. The lowest BCUT2D eigenvalue weighted by Crippen LogP contribution is -2.38. The second-order valence-electron chi connectivity index (χ2n) is 4.19. The van der Waals surface area contributed by atoms with Gasteiger partial charge in [-0.05, 0) is 37.6 Å². The molecule has 3 N–H and O–H groups in total. The number of carboxylic acid groups (broad SMARTS) is 1. The number of rotatable bonds is 3. The summed E-state index contributed by atoms with van der Waals surface area (Å²) in [6.07, 6.45) is 2.12. The highest BCUT2D eigenvalue weighted by Gasteiger charge is 2.15. The van der Waals surface area contributed by atoms with Gasteiger partial charge in [-0.1, -0.05) is 0 Å². The molecule has 4 nitrogen and oxygen atoms in total. The number of halogens is 1. The molecule has 92 valence electrons. The van der Waals surface area contributed by atoms with Crippen molar-refractivity contribution in [3.63, 3.8) is 0 Å². The fourth-order valence-electron chi connectivity index (χ4n) is 1.99. The minimum absolute atomic E-state index is 0.274. The van der Waals surface area contributed by atoms with Crippen molar-refractivity contribution >= 4 is 11.7 Å². The number of hydrogen-bond acceptors (Lipinski definition) is 3. The van der Waals surface area contributed by atoms with Gasteiger partial charge in [0, 0.05) is 18.3 Å². The van der Waals surface area contributed by atoms with E-state index in [0.717, 1.165) is 25.9 Å². The van der Waals surface area contributed by atoms with Gasteiger partial charge < -0.3 is 15.7 Å². The van der Waals surface area contributed by atoms with Crippen LogP contribution in [0.5, 0.6) is 0 Å². The largest absolute Gasteiger partial charge is 0.478 e. The van der Waals surface area contributed by atoms with Gasteiger partial charge in [-0.2, -0.15) is 0 Å². The van der Waals surface area contributed by atoms with Gasteiger partial charge in [0.05, 0.1) is 5.56 Å². The maximum absolute atomic E-state index is 13.2. The summed E-state index contributed by atoms with van der Waals surface area (Å²) in [5, 5.41) is 15.3. The van der Waals surface area contributed by atoms with Crippen LogP contribution in [0.1, 0.15) is 23.2 Å². The lowest BCUT2D eigenvalue weighted by Gasteiger charge is -2.24. The summed E-state index contributed by atoms with van der Waals surface area (Å²) in [6, 6.07) is 4.36. The van der Waals surface area contributed by atoms with Crippen LogP contribution in [0.2, 0.25) is 0 Å². The van der Waals surface area contributed by atoms with E-state index in [0.29, 0.717) is 5.69 Å². The molecular formula is C12H15FN2O2. The van der Waals surface area contributed by atoms with Gasteiger partial charge in [0.15, 0.2) is 0 Å². The Kier molecular flexibility index (Phi) is 3.58. The highest BCUT2D eigenvalue weighted by Crippen LogP contribution is 2.17. The molecule has 1 fully saturated rings. The molecule has 0 saturated carbocycles. The summed E-state index contributed by atoms with van der Waals surface area (Å²) < 4.78 is 13.2. The van der Waals surface area contributed by atoms with Crippen molar-refractivity contribution in [2.75, 3.05) is 18.4 Å². The Bertz CT molecular complexity index is 417. The van der Waals surface area contributed by atoms with Crippen LogP contribution in [0.25, 0.3) is 0 Å². The van der Waals surface area contributed by atoms with Gasteiger partial charge in [-0.25, -0.2) is 9.18 Å². The number of nitrogens with one attached hydrogen (secondary N) is 2. The van der Waals surface area contributed by atoms with Gasteiger partial charge in [0.25, 0.3) is 0 Å². The molecule has 1 atom stereocenters. The zero-order valence-corrected chi connectivity index (χ0v) is 9.37. The Labute approximate surface area is 98.8 Å². The molecule has 1 unspecified atom stereocenters. The smallest absolute Gasteiger partial charge is 0.338 e. The third-order valence-electron chi connectivity index (χ3n) is 2.86. The van der Waals surface area contributed by atoms with Crippen molar-refractivity contribution in [2.24, 2.45) is 0 Å². The molecule has 1 aliphatic heterocycles. The number of hydrogen-bond donors (Lipinski definition) is 3. The van der Waals surface area contributed by atoms with Crippen LogP contribution in [0.3, 0.4) is 0 Å². The number of benzene rings is 1. The summed E-state index contributed by atoms with van der Waals surface area (Å²) in [5.74, 6) is -1.95. The quantitative estimate of drug-likeness (QED) is 0.750. The second-order valence-corrected chi connectivity index (χ2v) is 4.19. The maximum Gasteiger partial charge on any atom is 0.338 e. The lowest BCUT2D eigenvalue weighted by molar-refractivity contribution is 0.0692. The molecule has 0 aliphatic carbocycles. The Morgan fingerprint density at radius 1 is 1.53 bits per heavy atom. The molecule has 1 aromatic carbocycles. The SMILES string of the molecule is O=C(O)c1cc(NC2CCCNC2)ccc1F. The molecule has 1 saturated heterocycles. The summed E-state index contributed by atoms with van der Waals surface area (Å²) in [7, 11) is 0. The first-order chi connectivity index (χ1) is 8.16. The Hall–Kier alpha value is -1.62. The Morgan fingerprint density at radius 3 is 3.00 bits per heavy atom. The molecule has 2 rings (SSSR count). The van der Waals surface area contributed by atoms with Gasteiger partial charge in [-0.3, -0.25) is 0 Å². The van der Waals surface area contributed by atoms with Gasteiger partial charge in [-0.15, -0.1) is 0 Å². The van der Waals surface area contributed by atoms with Crippen molar-refractivity contribution in [3.05, 3.63) is 29.6 Å². The van der Waals surface area contributed by atoms with Crippen LogP contribution >= 0.6 is 0 Å². The van der Waals surface area contributed by atoms with Crippen LogP contribution in [-0.4, -0.2) is 30.2 Å². The second kappa shape index (κ2) is 5.14. The number of anilines is 1. The molecule has 1 heterocycles. The lowest BCUT2D eigenvalue weighted by atomic mass is 10.1. The first-order valence-electron chi connectivity index (χ1n) is 5.67. The molecule has 0 radical (unpaired) electrons. The fourth-order valence-corrected chi connectivity index (χ4v) is 1.99. The number of piperidine rings is 1. The molecule has 5 heteroatoms. The maximum atomic E-state index is 13.2. The monoisotopic (exact) mass is 238 g/mol. The standard InChI is InChI=1S/C12H15FN2O2/c13-11-4-3-8(6-10(11)12(16)17)15-9-2-1-5-14-7-9/h3-4,6,9,14-15H,1-2,5,7H2,(H,16,17). The van der Waals surface area contributed by atoms with E-state index in [-0.39, 0.29) is 11.6 Å². The highest BCUT2D eigenvalue weighted by atomic mass is 19.1. The molecule has 1 aromatic rings. The first kappa shape index (κ1) is 11.9. The molecular weight excluding hydrogens is 223 g/mol. The van der Waals surface area contributed by atoms with E-state index in [2.05, 4.69) is 10.6 Å². The van der Waals surface area contributed by atoms with Crippen molar-refractivity contribution in [1.82, 2.24) is 5.32 Å². The molecule has 1 aliphatic rings. The van der Waals surface area contributed by atoms with Crippen LogP contribution in [0.4, 0.5) is 10.1 Å². The van der Waals surface area contributed by atoms with Crippen molar-refractivity contribution < 1.29 is 14.3 Å². The molecule has 0 spiro atoms. The molecule has 0 amide bonds. The minimum atomic E-state index is -1.24. The van der Waals surface area contributed by atoms with Crippen LogP contribution in [0, 0.1) is 5.82 Å². The minimum Gasteiger partial charge on any atom is -0.478 e. The zero-order chi connectivity index (χ0) is 12.3. The van der Waals surface area contributed by atoms with Crippen molar-refractivity contribution in [1.29, 1.82) is 0 Å². The fraction of sp³-hybridized carbons (Fsp3) is 0.417. The van der Waals surface area contributed by atoms with E-state index in [1.807, 2.05) is 0 Å². The summed E-state index contributed by atoms with van der Waals surface area (Å²) in [5.41, 5.74) is 0.358. The number of carboxylic acids is 1. The molecule has 0 bridgehead atoms. The van der Waals surface area contributed by atoms with Gasteiger partial charge >= 0.3 is 5.97 Å². The Balaban J connectivity index is 2.10. The molecule has 0 aromatic heterocycles. The summed E-state index contributed by atoms with van der Waals surface area (Å²) >= 11 is 0. The van der Waals surface area contributed by atoms with E-state index < -0.39 is 11.8 Å². The van der Waals surface area contributed by atoms with E-state index in [9.17, 15) is 9.18 Å². The normalized spacial score (nSPS) is 19.9. The van der Waals surface area contributed by atoms with Gasteiger partial charge in [0.2, 0.25) is 0 Å². The van der Waals surface area contributed by atoms with Crippen LogP contribution < -0.4 is 10.6 Å². The third kappa shape index (κ3) is 2.94. The topological polar surface area (TPSA) is 61.4 Å². The predicted octanol–water partition coefficient (Wildman–Crippen LogP) is 1.69. The van der Waals surface area contributed by atoms with E-state index in [1.54, 1.807) is 6.07 Å². The van der Waals surface area contributed by atoms with Crippen LogP contribution in [-0.2, 0) is 0 Å². The summed E-state index contributed by atoms with van der Waals surface area (Å²) in [6.45, 7) is 1.86. The first-order valence-corrected chi connectivity index (χ1v) is 5.67. The van der Waals surface area contributed by atoms with Gasteiger partial charge in [0.1, 0.15) is 5.82 Å². The van der Waals surface area contributed by atoms with Crippen molar-refractivity contribution in [2.45, 2.75) is 18.9 Å². The zero-order valence-electron chi connectivity index (χ0n) is 9.37. The van der Waals surface area contributed by atoms with E-state index in [4.69, 9.17) is 5.11 Å². The average Bonchev–Trinajstić information content (AvgIpc) is 2.32. The van der Waals surface area contributed by atoms with Crippen molar-refractivity contribution in [3.8, 4) is 0 Å².